The predicted octanol–water partition coefficient (Wildman–Crippen LogP) is 5.60. The first-order valence-corrected chi connectivity index (χ1v) is 12.0. The van der Waals surface area contributed by atoms with Crippen LogP contribution in [-0.2, 0) is 16.1 Å². The van der Waals surface area contributed by atoms with E-state index in [-0.39, 0.29) is 5.41 Å². The van der Waals surface area contributed by atoms with E-state index in [1.807, 2.05) is 6.08 Å². The van der Waals surface area contributed by atoms with Gasteiger partial charge in [0, 0.05) is 36.7 Å². The molecule has 0 radical (unpaired) electrons. The number of fused-ring (bicyclic) bond motifs is 5. The lowest BCUT2D eigenvalue weighted by Gasteiger charge is -2.62. The fourth-order valence-corrected chi connectivity index (χ4v) is 7.78. The highest BCUT2D eigenvalue weighted by Gasteiger charge is 2.61. The minimum atomic E-state index is 0.157. The molecular weight excluding hydrogens is 370 g/mol. The number of nitrogens with zero attached hydrogens (tertiary/aromatic N) is 1. The number of likely N-dealkylation sites (tertiary alicyclic amines) is 1. The van der Waals surface area contributed by atoms with Gasteiger partial charge in [-0.1, -0.05) is 44.2 Å². The van der Waals surface area contributed by atoms with Gasteiger partial charge in [0.25, 0.3) is 0 Å². The Bertz CT molecular complexity index is 848. The Morgan fingerprint density at radius 2 is 1.90 bits per heavy atom. The summed E-state index contributed by atoms with van der Waals surface area (Å²) in [5.41, 5.74) is 3.13. The van der Waals surface area contributed by atoms with Crippen LogP contribution in [0.25, 0.3) is 0 Å². The lowest BCUT2D eigenvalue weighted by atomic mass is 9.49. The number of carbonyl (C=O) groups is 1. The van der Waals surface area contributed by atoms with Gasteiger partial charge in [-0.05, 0) is 67.8 Å². The van der Waals surface area contributed by atoms with Gasteiger partial charge in [0.15, 0.2) is 5.78 Å². The quantitative estimate of drug-likeness (QED) is 0.653. The zero-order valence-electron chi connectivity index (χ0n) is 19.1. The van der Waals surface area contributed by atoms with Crippen LogP contribution >= 0.6 is 0 Å². The van der Waals surface area contributed by atoms with Crippen molar-refractivity contribution in [1.29, 1.82) is 0 Å². The molecule has 3 nitrogen and oxygen atoms in total. The molecule has 1 saturated heterocycles. The van der Waals surface area contributed by atoms with Crippen LogP contribution in [-0.4, -0.2) is 29.9 Å². The fraction of sp³-hybridized carbons (Fsp3) is 0.667. The second kappa shape index (κ2) is 7.22. The Balaban J connectivity index is 1.39. The van der Waals surface area contributed by atoms with E-state index < -0.39 is 0 Å². The van der Waals surface area contributed by atoms with E-state index in [2.05, 4.69) is 63.1 Å². The highest BCUT2D eigenvalue weighted by atomic mass is 16.5. The van der Waals surface area contributed by atoms with Gasteiger partial charge in [0.2, 0.25) is 0 Å². The van der Waals surface area contributed by atoms with Gasteiger partial charge in [-0.3, -0.25) is 4.79 Å². The Labute approximate surface area is 181 Å². The smallest absolute Gasteiger partial charge is 0.157 e. The van der Waals surface area contributed by atoms with E-state index in [1.54, 1.807) is 0 Å². The minimum Gasteiger partial charge on any atom is -0.374 e. The molecule has 1 heterocycles. The number of hydrogen-bond acceptors (Lipinski definition) is 3. The molecule has 5 rings (SSSR count). The van der Waals surface area contributed by atoms with E-state index >= 15 is 0 Å². The molecule has 0 bridgehead atoms. The maximum Gasteiger partial charge on any atom is 0.157 e. The van der Waals surface area contributed by atoms with Gasteiger partial charge in [-0.2, -0.15) is 0 Å². The van der Waals surface area contributed by atoms with Gasteiger partial charge in [-0.25, -0.2) is 0 Å². The standard InChI is InChI=1S/C27H37NO2/c1-18-25-22(27(3)13-10-20(29)14-24(27)28(18)4)11-12-26(2)16-21(15-23(25)26)30-17-19-8-6-5-7-9-19/h5-9,14,18,21-23,25H,10-13,15-17H2,1-4H3/t18-,21+,22+,23+,25-,26-,27-/m1/s1. The van der Waals surface area contributed by atoms with Gasteiger partial charge in [0.05, 0.1) is 12.7 Å². The van der Waals surface area contributed by atoms with Crippen LogP contribution in [0.1, 0.15) is 64.9 Å². The summed E-state index contributed by atoms with van der Waals surface area (Å²) in [5, 5.41) is 0. The molecule has 4 aliphatic rings. The Morgan fingerprint density at radius 1 is 1.13 bits per heavy atom. The minimum absolute atomic E-state index is 0.157. The third-order valence-electron chi connectivity index (χ3n) is 9.53. The van der Waals surface area contributed by atoms with Crippen molar-refractivity contribution in [1.82, 2.24) is 4.90 Å². The molecule has 3 fully saturated rings. The lowest BCUT2D eigenvalue weighted by Crippen LogP contribution is -2.60. The molecule has 0 aromatic heterocycles. The number of rotatable bonds is 3. The molecule has 1 aliphatic heterocycles. The van der Waals surface area contributed by atoms with Gasteiger partial charge < -0.3 is 9.64 Å². The van der Waals surface area contributed by atoms with Crippen molar-refractivity contribution in [2.24, 2.45) is 28.6 Å². The summed E-state index contributed by atoms with van der Waals surface area (Å²) in [7, 11) is 2.23. The van der Waals surface area contributed by atoms with Crippen molar-refractivity contribution in [2.75, 3.05) is 7.05 Å². The van der Waals surface area contributed by atoms with E-state index in [0.29, 0.717) is 41.1 Å². The second-order valence-electron chi connectivity index (χ2n) is 11.1. The number of ether oxygens (including phenoxy) is 1. The van der Waals surface area contributed by atoms with Crippen molar-refractivity contribution in [2.45, 2.75) is 78.0 Å². The highest BCUT2D eigenvalue weighted by Crippen LogP contribution is 2.65. The molecule has 1 aromatic rings. The average Bonchev–Trinajstić information content (AvgIpc) is 3.09. The predicted molar refractivity (Wildman–Crippen MR) is 120 cm³/mol. The summed E-state index contributed by atoms with van der Waals surface area (Å²) in [6.45, 7) is 8.11. The van der Waals surface area contributed by atoms with Crippen LogP contribution in [0.2, 0.25) is 0 Å². The summed E-state index contributed by atoms with van der Waals surface area (Å²) in [4.78, 5) is 14.7. The topological polar surface area (TPSA) is 29.5 Å². The molecule has 0 N–H and O–H groups in total. The SMILES string of the molecule is C[C@@H]1[C@H]2[C@@H]3C[C@H](OCc4ccccc4)C[C@@]3(C)CC[C@@H]2[C@@]2(C)CCC(=O)C=C2N1C. The number of hydrogen-bond donors (Lipinski definition) is 0. The van der Waals surface area contributed by atoms with E-state index in [1.165, 1.54) is 36.9 Å². The van der Waals surface area contributed by atoms with Crippen molar-refractivity contribution in [3.8, 4) is 0 Å². The molecular formula is C27H37NO2. The molecule has 0 amide bonds. The van der Waals surface area contributed by atoms with Crippen LogP contribution in [0, 0.1) is 28.6 Å². The molecule has 1 aromatic carbocycles. The molecule has 2 saturated carbocycles. The maximum atomic E-state index is 12.2. The number of carbonyl (C=O) groups excluding carboxylic acids is 1. The fourth-order valence-electron chi connectivity index (χ4n) is 7.78. The van der Waals surface area contributed by atoms with Crippen molar-refractivity contribution >= 4 is 5.78 Å². The van der Waals surface area contributed by atoms with Crippen LogP contribution < -0.4 is 0 Å². The zero-order chi connectivity index (χ0) is 21.1. The highest BCUT2D eigenvalue weighted by molar-refractivity contribution is 5.91. The third kappa shape index (κ3) is 3.07. The largest absolute Gasteiger partial charge is 0.374 e. The summed E-state index contributed by atoms with van der Waals surface area (Å²) < 4.78 is 6.46. The molecule has 3 heteroatoms. The number of ketones is 1. The molecule has 30 heavy (non-hydrogen) atoms. The Hall–Kier alpha value is -1.61. The second-order valence-corrected chi connectivity index (χ2v) is 11.1. The molecule has 162 valence electrons. The first-order chi connectivity index (χ1) is 14.3. The van der Waals surface area contributed by atoms with Gasteiger partial charge in [0.1, 0.15) is 0 Å². The normalized spacial score (nSPS) is 42.9. The molecule has 0 spiro atoms. The van der Waals surface area contributed by atoms with Crippen molar-refractivity contribution in [3.05, 3.63) is 47.7 Å². The molecule has 3 aliphatic carbocycles. The Kier molecular flexibility index (Phi) is 4.89. The van der Waals surface area contributed by atoms with Crippen LogP contribution in [0.15, 0.2) is 42.1 Å². The van der Waals surface area contributed by atoms with Crippen LogP contribution in [0.5, 0.6) is 0 Å². The average molecular weight is 408 g/mol. The van der Waals surface area contributed by atoms with E-state index in [0.717, 1.165) is 19.4 Å². The van der Waals surface area contributed by atoms with E-state index in [9.17, 15) is 4.79 Å². The van der Waals surface area contributed by atoms with Gasteiger partial charge in [-0.15, -0.1) is 0 Å². The summed E-state index contributed by atoms with van der Waals surface area (Å²) in [6.07, 6.45) is 9.07. The summed E-state index contributed by atoms with van der Waals surface area (Å²) in [6, 6.07) is 11.1. The number of piperidine rings is 1. The van der Waals surface area contributed by atoms with Gasteiger partial charge >= 0.3 is 0 Å². The van der Waals surface area contributed by atoms with Crippen molar-refractivity contribution in [3.63, 3.8) is 0 Å². The first kappa shape index (κ1) is 20.3. The number of allylic oxidation sites excluding steroid dienone is 2. The first-order valence-electron chi connectivity index (χ1n) is 12.0. The zero-order valence-corrected chi connectivity index (χ0v) is 19.1. The summed E-state index contributed by atoms with van der Waals surface area (Å²) in [5.74, 6) is 2.41. The molecule has 7 atom stereocenters. The van der Waals surface area contributed by atoms with Crippen LogP contribution in [0.4, 0.5) is 0 Å². The van der Waals surface area contributed by atoms with Crippen LogP contribution in [0.3, 0.4) is 0 Å². The monoisotopic (exact) mass is 407 g/mol. The third-order valence-corrected chi connectivity index (χ3v) is 9.53. The Morgan fingerprint density at radius 3 is 2.67 bits per heavy atom. The number of benzene rings is 1. The van der Waals surface area contributed by atoms with E-state index in [4.69, 9.17) is 4.74 Å². The maximum absolute atomic E-state index is 12.2. The lowest BCUT2D eigenvalue weighted by molar-refractivity contribution is -0.121. The van der Waals surface area contributed by atoms with Crippen molar-refractivity contribution < 1.29 is 9.53 Å². The molecule has 0 unspecified atom stereocenters. The summed E-state index contributed by atoms with van der Waals surface area (Å²) >= 11 is 0.